The summed E-state index contributed by atoms with van der Waals surface area (Å²) in [6.45, 7) is 3.22. The Morgan fingerprint density at radius 1 is 0.900 bits per heavy atom. The van der Waals surface area contributed by atoms with Crippen molar-refractivity contribution in [3.8, 4) is 17.2 Å². The van der Waals surface area contributed by atoms with Gasteiger partial charge in [-0.25, -0.2) is 0 Å². The molecule has 1 unspecified atom stereocenters. The third-order valence-corrected chi connectivity index (χ3v) is 7.24. The Balaban J connectivity index is 1.50. The van der Waals surface area contributed by atoms with Crippen LogP contribution in [0.25, 0.3) is 5.76 Å². The highest BCUT2D eigenvalue weighted by molar-refractivity contribution is 6.51. The van der Waals surface area contributed by atoms with Gasteiger partial charge in [-0.2, -0.15) is 0 Å². The number of anilines is 2. The van der Waals surface area contributed by atoms with Crippen molar-refractivity contribution in [3.05, 3.63) is 119 Å². The molecule has 0 bridgehead atoms. The van der Waals surface area contributed by atoms with E-state index in [0.29, 0.717) is 47.2 Å². The molecule has 0 aromatic heterocycles. The van der Waals surface area contributed by atoms with Crippen LogP contribution in [0.1, 0.15) is 22.7 Å². The first-order valence-electron chi connectivity index (χ1n) is 13.1. The van der Waals surface area contributed by atoms with E-state index in [9.17, 15) is 14.7 Å². The monoisotopic (exact) mass is 532 g/mol. The SMILES string of the molecule is Cc1ccc(N2C(=O)C(=O)/C(=C(\O)c3ccc4c(c3)N(C)CCO4)C2c2cccc(Oc3ccccc3)c2)cc1. The Labute approximate surface area is 232 Å². The zero-order valence-corrected chi connectivity index (χ0v) is 22.2. The van der Waals surface area contributed by atoms with E-state index in [2.05, 4.69) is 0 Å². The van der Waals surface area contributed by atoms with Gasteiger partial charge in [0, 0.05) is 18.3 Å². The van der Waals surface area contributed by atoms with Gasteiger partial charge in [0.05, 0.1) is 23.8 Å². The Kier molecular flexibility index (Phi) is 6.48. The van der Waals surface area contributed by atoms with Crippen molar-refractivity contribution in [3.63, 3.8) is 0 Å². The van der Waals surface area contributed by atoms with Crippen LogP contribution >= 0.6 is 0 Å². The van der Waals surface area contributed by atoms with Crippen LogP contribution in [0.15, 0.2) is 103 Å². The third kappa shape index (κ3) is 4.56. The molecule has 2 aliphatic heterocycles. The van der Waals surface area contributed by atoms with E-state index in [4.69, 9.17) is 9.47 Å². The Morgan fingerprint density at radius 2 is 1.65 bits per heavy atom. The van der Waals surface area contributed by atoms with E-state index in [0.717, 1.165) is 11.3 Å². The average Bonchev–Trinajstić information content (AvgIpc) is 3.24. The van der Waals surface area contributed by atoms with Crippen molar-refractivity contribution in [2.75, 3.05) is 30.0 Å². The summed E-state index contributed by atoms with van der Waals surface area (Å²) in [7, 11) is 1.94. The first-order valence-corrected chi connectivity index (χ1v) is 13.1. The number of hydrogen-bond acceptors (Lipinski definition) is 6. The standard InChI is InChI=1S/C33H28N2O5/c1-21-11-14-24(15-12-21)35-30(22-7-6-10-26(19-22)40-25-8-4-3-5-9-25)29(32(37)33(35)38)31(36)23-13-16-28-27(20-23)34(2)17-18-39-28/h3-16,19-20,30,36H,17-18H2,1-2H3/b31-29-. The summed E-state index contributed by atoms with van der Waals surface area (Å²) in [4.78, 5) is 30.6. The number of rotatable bonds is 5. The topological polar surface area (TPSA) is 79.3 Å². The van der Waals surface area contributed by atoms with Gasteiger partial charge < -0.3 is 19.5 Å². The Morgan fingerprint density at radius 3 is 2.42 bits per heavy atom. The van der Waals surface area contributed by atoms with Crippen LogP contribution in [-0.4, -0.2) is 37.0 Å². The minimum atomic E-state index is -0.868. The molecule has 0 radical (unpaired) electrons. The molecule has 40 heavy (non-hydrogen) atoms. The molecule has 1 fully saturated rings. The second-order valence-electron chi connectivity index (χ2n) is 9.94. The van der Waals surface area contributed by atoms with Gasteiger partial charge in [-0.05, 0) is 67.1 Å². The molecular formula is C33H28N2O5. The number of ketones is 1. The van der Waals surface area contributed by atoms with Crippen LogP contribution in [0.3, 0.4) is 0 Å². The summed E-state index contributed by atoms with van der Waals surface area (Å²) in [5.74, 6) is 0.211. The van der Waals surface area contributed by atoms with Crippen molar-refractivity contribution in [2.45, 2.75) is 13.0 Å². The number of fused-ring (bicyclic) bond motifs is 1. The number of carbonyl (C=O) groups excluding carboxylic acids is 2. The number of likely N-dealkylation sites (N-methyl/N-ethyl adjacent to an activating group) is 1. The van der Waals surface area contributed by atoms with Gasteiger partial charge in [-0.15, -0.1) is 0 Å². The maximum Gasteiger partial charge on any atom is 0.300 e. The minimum Gasteiger partial charge on any atom is -0.507 e. The van der Waals surface area contributed by atoms with E-state index in [1.165, 1.54) is 4.90 Å². The molecule has 7 heteroatoms. The van der Waals surface area contributed by atoms with Gasteiger partial charge in [-0.1, -0.05) is 48.0 Å². The van der Waals surface area contributed by atoms with Gasteiger partial charge in [0.2, 0.25) is 0 Å². The fraction of sp³-hybridized carbons (Fsp3) is 0.152. The smallest absolute Gasteiger partial charge is 0.300 e. The highest BCUT2D eigenvalue weighted by Crippen LogP contribution is 2.44. The Hall–Kier alpha value is -5.04. The van der Waals surface area contributed by atoms with Crippen molar-refractivity contribution in [1.29, 1.82) is 0 Å². The molecule has 1 saturated heterocycles. The molecule has 0 saturated carbocycles. The first-order chi connectivity index (χ1) is 19.4. The van der Waals surface area contributed by atoms with Gasteiger partial charge in [0.15, 0.2) is 0 Å². The molecule has 6 rings (SSSR count). The van der Waals surface area contributed by atoms with Gasteiger partial charge in [-0.3, -0.25) is 14.5 Å². The predicted molar refractivity (Wildman–Crippen MR) is 154 cm³/mol. The normalized spacial score (nSPS) is 17.9. The zero-order chi connectivity index (χ0) is 27.8. The fourth-order valence-corrected chi connectivity index (χ4v) is 5.15. The molecule has 4 aromatic rings. The minimum absolute atomic E-state index is 0.0155. The number of nitrogens with zero attached hydrogens (tertiary/aromatic N) is 2. The highest BCUT2D eigenvalue weighted by atomic mass is 16.5. The lowest BCUT2D eigenvalue weighted by molar-refractivity contribution is -0.132. The van der Waals surface area contributed by atoms with E-state index < -0.39 is 17.7 Å². The molecule has 2 aliphatic rings. The number of benzene rings is 4. The molecule has 7 nitrogen and oxygen atoms in total. The van der Waals surface area contributed by atoms with Gasteiger partial charge >= 0.3 is 0 Å². The lowest BCUT2D eigenvalue weighted by Crippen LogP contribution is -2.29. The molecule has 2 heterocycles. The number of hydrogen-bond donors (Lipinski definition) is 1. The van der Waals surface area contributed by atoms with Crippen molar-refractivity contribution >= 4 is 28.8 Å². The molecule has 0 aliphatic carbocycles. The molecule has 1 N–H and O–H groups in total. The maximum absolute atomic E-state index is 13.6. The van der Waals surface area contributed by atoms with Crippen LogP contribution in [0.2, 0.25) is 0 Å². The lowest BCUT2D eigenvalue weighted by Gasteiger charge is -2.28. The number of aliphatic hydroxyl groups is 1. The first kappa shape index (κ1) is 25.2. The van der Waals surface area contributed by atoms with Crippen LogP contribution in [-0.2, 0) is 9.59 Å². The van der Waals surface area contributed by atoms with Crippen molar-refractivity contribution in [1.82, 2.24) is 0 Å². The van der Waals surface area contributed by atoms with E-state index in [1.807, 2.05) is 91.7 Å². The Bertz CT molecular complexity index is 1630. The van der Waals surface area contributed by atoms with Gasteiger partial charge in [0.25, 0.3) is 11.7 Å². The molecular weight excluding hydrogens is 504 g/mol. The summed E-state index contributed by atoms with van der Waals surface area (Å²) in [5.41, 5.74) is 3.47. The number of Topliss-reactive ketones (excluding diaryl/α,β-unsaturated/α-hetero) is 1. The van der Waals surface area contributed by atoms with Crippen LogP contribution in [0.4, 0.5) is 11.4 Å². The zero-order valence-electron chi connectivity index (χ0n) is 22.2. The van der Waals surface area contributed by atoms with Gasteiger partial charge in [0.1, 0.15) is 29.6 Å². The maximum atomic E-state index is 13.6. The molecule has 1 amide bonds. The number of aryl methyl sites for hydroxylation is 1. The summed E-state index contributed by atoms with van der Waals surface area (Å²) in [5, 5.41) is 11.6. The average molecular weight is 533 g/mol. The second kappa shape index (κ2) is 10.3. The summed E-state index contributed by atoms with van der Waals surface area (Å²) in [6, 6.07) is 28.4. The summed E-state index contributed by atoms with van der Waals surface area (Å²) >= 11 is 0. The fourth-order valence-electron chi connectivity index (χ4n) is 5.15. The number of amides is 1. The third-order valence-electron chi connectivity index (χ3n) is 7.24. The van der Waals surface area contributed by atoms with E-state index >= 15 is 0 Å². The highest BCUT2D eigenvalue weighted by Gasteiger charge is 2.47. The quantitative estimate of drug-likeness (QED) is 0.186. The van der Waals surface area contributed by atoms with Crippen LogP contribution in [0.5, 0.6) is 17.2 Å². The van der Waals surface area contributed by atoms with E-state index in [1.54, 1.807) is 24.3 Å². The molecule has 4 aromatic carbocycles. The number of ether oxygens (including phenoxy) is 2. The second-order valence-corrected chi connectivity index (χ2v) is 9.94. The number of carbonyl (C=O) groups is 2. The molecule has 1 atom stereocenters. The summed E-state index contributed by atoms with van der Waals surface area (Å²) < 4.78 is 11.8. The predicted octanol–water partition coefficient (Wildman–Crippen LogP) is 6.24. The largest absolute Gasteiger partial charge is 0.507 e. The van der Waals surface area contributed by atoms with Crippen molar-refractivity contribution < 1.29 is 24.2 Å². The number of aliphatic hydroxyl groups excluding tert-OH is 1. The number of para-hydroxylation sites is 1. The molecule has 0 spiro atoms. The van der Waals surface area contributed by atoms with Crippen LogP contribution in [0, 0.1) is 6.92 Å². The van der Waals surface area contributed by atoms with E-state index in [-0.39, 0.29) is 11.3 Å². The summed E-state index contributed by atoms with van der Waals surface area (Å²) in [6.07, 6.45) is 0. The van der Waals surface area contributed by atoms with Crippen LogP contribution < -0.4 is 19.3 Å². The molecule has 200 valence electrons. The van der Waals surface area contributed by atoms with Crippen molar-refractivity contribution in [2.24, 2.45) is 0 Å². The lowest BCUT2D eigenvalue weighted by atomic mass is 9.94.